The predicted molar refractivity (Wildman–Crippen MR) is 154 cm³/mol. The van der Waals surface area contributed by atoms with Crippen LogP contribution in [0.4, 0.5) is 4.79 Å². The first kappa shape index (κ1) is 26.5. The number of amides is 1. The number of benzene rings is 1. The largest absolute Gasteiger partial charge is 0.474 e. The number of aromatic amines is 1. The number of nitrogens with zero attached hydrogens (tertiary/aromatic N) is 4. The predicted octanol–water partition coefficient (Wildman–Crippen LogP) is 5.26. The molecule has 1 saturated heterocycles. The molecule has 6 rings (SSSR count). The van der Waals surface area contributed by atoms with Crippen LogP contribution in [-0.2, 0) is 9.47 Å². The highest BCUT2D eigenvalue weighted by atomic mass is 16.6. The lowest BCUT2D eigenvalue weighted by Crippen LogP contribution is -2.50. The summed E-state index contributed by atoms with van der Waals surface area (Å²) in [6.45, 7) is 10.3. The zero-order chi connectivity index (χ0) is 27.7. The van der Waals surface area contributed by atoms with Crippen molar-refractivity contribution in [3.63, 3.8) is 0 Å². The number of aromatic nitrogens is 3. The molecule has 4 heterocycles. The molecule has 0 unspecified atom stereocenters. The SMILES string of the molecule is CC(C)(C)OC(=O)N1CCN(CCO[C@H]2C[C@@H](Oc3ccc(-c4ccc5c(c4)[nH]c4ccncc45)cn3)C2)CC1. The van der Waals surface area contributed by atoms with E-state index in [0.717, 1.165) is 60.0 Å². The van der Waals surface area contributed by atoms with E-state index in [4.69, 9.17) is 14.2 Å². The maximum atomic E-state index is 12.2. The van der Waals surface area contributed by atoms with Crippen molar-refractivity contribution in [2.24, 2.45) is 0 Å². The van der Waals surface area contributed by atoms with Crippen LogP contribution in [-0.4, -0.2) is 88.0 Å². The lowest BCUT2D eigenvalue weighted by Gasteiger charge is -2.37. The van der Waals surface area contributed by atoms with Gasteiger partial charge in [-0.25, -0.2) is 9.78 Å². The fourth-order valence-electron chi connectivity index (χ4n) is 5.30. The topological polar surface area (TPSA) is 92.8 Å². The number of carbonyl (C=O) groups is 1. The molecule has 1 aliphatic heterocycles. The van der Waals surface area contributed by atoms with Crippen LogP contribution in [0.5, 0.6) is 5.88 Å². The molecule has 2 aliphatic rings. The number of rotatable bonds is 7. The minimum Gasteiger partial charge on any atom is -0.474 e. The van der Waals surface area contributed by atoms with Gasteiger partial charge in [-0.1, -0.05) is 12.1 Å². The maximum Gasteiger partial charge on any atom is 0.410 e. The molecule has 1 amide bonds. The number of hydrogen-bond acceptors (Lipinski definition) is 7. The van der Waals surface area contributed by atoms with Crippen molar-refractivity contribution in [3.05, 3.63) is 55.0 Å². The Labute approximate surface area is 234 Å². The molecule has 0 bridgehead atoms. The van der Waals surface area contributed by atoms with E-state index in [1.807, 2.05) is 45.3 Å². The van der Waals surface area contributed by atoms with Gasteiger partial charge in [0.1, 0.15) is 11.7 Å². The smallest absolute Gasteiger partial charge is 0.410 e. The minimum absolute atomic E-state index is 0.136. The number of H-pyrrole nitrogens is 1. The molecule has 0 radical (unpaired) electrons. The van der Waals surface area contributed by atoms with Gasteiger partial charge in [-0.3, -0.25) is 9.88 Å². The third-order valence-corrected chi connectivity index (χ3v) is 7.59. The normalized spacial score (nSPS) is 20.0. The second-order valence-electron chi connectivity index (χ2n) is 11.7. The molecule has 0 atom stereocenters. The van der Waals surface area contributed by atoms with Crippen LogP contribution in [0.25, 0.3) is 32.9 Å². The summed E-state index contributed by atoms with van der Waals surface area (Å²) in [5.74, 6) is 0.646. The molecule has 9 heteroatoms. The summed E-state index contributed by atoms with van der Waals surface area (Å²) >= 11 is 0. The van der Waals surface area contributed by atoms with Gasteiger partial charge in [0, 0.05) is 97.6 Å². The second kappa shape index (κ2) is 11.1. The van der Waals surface area contributed by atoms with Gasteiger partial charge in [0.05, 0.1) is 12.7 Å². The maximum absolute atomic E-state index is 12.2. The molecule has 9 nitrogen and oxygen atoms in total. The number of hydrogen-bond donors (Lipinski definition) is 1. The lowest BCUT2D eigenvalue weighted by molar-refractivity contribution is -0.0678. The summed E-state index contributed by atoms with van der Waals surface area (Å²) in [4.78, 5) is 28.6. The fourth-order valence-corrected chi connectivity index (χ4v) is 5.30. The third-order valence-electron chi connectivity index (χ3n) is 7.59. The Hall–Kier alpha value is -3.69. The standard InChI is InChI=1S/C31H37N5O4/c1-31(2,3)40-30(37)36-12-10-35(11-13-36)14-15-38-23-17-24(18-23)39-29-7-5-22(19-33-29)21-4-6-25-26-20-32-9-8-27(26)34-28(25)16-21/h4-9,16,19-20,23-24,34H,10-15,17-18H2,1-3H3/t23-,24+. The Morgan fingerprint density at radius 1 is 0.950 bits per heavy atom. The van der Waals surface area contributed by atoms with Crippen molar-refractivity contribution in [1.29, 1.82) is 0 Å². The van der Waals surface area contributed by atoms with Gasteiger partial charge in [-0.05, 0) is 44.5 Å². The van der Waals surface area contributed by atoms with Crippen LogP contribution in [0.2, 0.25) is 0 Å². The molecule has 4 aromatic rings. The van der Waals surface area contributed by atoms with E-state index >= 15 is 0 Å². The highest BCUT2D eigenvalue weighted by Crippen LogP contribution is 2.31. The molecule has 3 aromatic heterocycles. The molecular formula is C31H37N5O4. The molecule has 2 fully saturated rings. The number of piperazine rings is 1. The summed E-state index contributed by atoms with van der Waals surface area (Å²) < 4.78 is 17.6. The van der Waals surface area contributed by atoms with Gasteiger partial charge in [-0.2, -0.15) is 0 Å². The minimum atomic E-state index is -0.460. The van der Waals surface area contributed by atoms with E-state index in [1.165, 1.54) is 5.39 Å². The van der Waals surface area contributed by atoms with Gasteiger partial charge in [0.2, 0.25) is 5.88 Å². The highest BCUT2D eigenvalue weighted by Gasteiger charge is 2.32. The van der Waals surface area contributed by atoms with Crippen LogP contribution in [0.3, 0.4) is 0 Å². The van der Waals surface area contributed by atoms with E-state index in [0.29, 0.717) is 25.6 Å². The molecule has 1 aliphatic carbocycles. The van der Waals surface area contributed by atoms with E-state index in [9.17, 15) is 4.79 Å². The molecule has 0 spiro atoms. The van der Waals surface area contributed by atoms with Crippen LogP contribution in [0.15, 0.2) is 55.0 Å². The highest BCUT2D eigenvalue weighted by molar-refractivity contribution is 6.07. The van der Waals surface area contributed by atoms with Crippen molar-refractivity contribution in [1.82, 2.24) is 24.8 Å². The first-order valence-electron chi connectivity index (χ1n) is 14.1. The Balaban J connectivity index is 0.914. The van der Waals surface area contributed by atoms with Gasteiger partial charge >= 0.3 is 6.09 Å². The zero-order valence-corrected chi connectivity index (χ0v) is 23.4. The Bertz CT molecular complexity index is 1460. The molecule has 1 aromatic carbocycles. The average molecular weight is 544 g/mol. The fraction of sp³-hybridized carbons (Fsp3) is 0.452. The van der Waals surface area contributed by atoms with Gasteiger partial charge in [0.15, 0.2) is 0 Å². The number of nitrogens with one attached hydrogen (secondary N) is 1. The molecule has 210 valence electrons. The average Bonchev–Trinajstić information content (AvgIpc) is 3.29. The second-order valence-corrected chi connectivity index (χ2v) is 11.7. The van der Waals surface area contributed by atoms with Crippen LogP contribution >= 0.6 is 0 Å². The third kappa shape index (κ3) is 6.05. The first-order chi connectivity index (χ1) is 19.3. The van der Waals surface area contributed by atoms with E-state index < -0.39 is 5.60 Å². The number of pyridine rings is 2. The molecule has 1 N–H and O–H groups in total. The number of carbonyl (C=O) groups excluding carboxylic acids is 1. The van der Waals surface area contributed by atoms with E-state index in [1.54, 1.807) is 11.1 Å². The van der Waals surface area contributed by atoms with Gasteiger partial charge in [-0.15, -0.1) is 0 Å². The van der Waals surface area contributed by atoms with Gasteiger partial charge in [0.25, 0.3) is 0 Å². The Kier molecular flexibility index (Phi) is 7.33. The van der Waals surface area contributed by atoms with Crippen molar-refractivity contribution in [2.75, 3.05) is 39.3 Å². The summed E-state index contributed by atoms with van der Waals surface area (Å²) in [5, 5.41) is 2.30. The zero-order valence-electron chi connectivity index (χ0n) is 23.4. The van der Waals surface area contributed by atoms with Crippen molar-refractivity contribution in [3.8, 4) is 17.0 Å². The van der Waals surface area contributed by atoms with E-state index in [-0.39, 0.29) is 18.3 Å². The summed E-state index contributed by atoms with van der Waals surface area (Å²) in [7, 11) is 0. The van der Waals surface area contributed by atoms with Crippen molar-refractivity contribution in [2.45, 2.75) is 51.4 Å². The summed E-state index contributed by atoms with van der Waals surface area (Å²) in [6, 6.07) is 12.4. The number of ether oxygens (including phenoxy) is 3. The van der Waals surface area contributed by atoms with Crippen LogP contribution in [0.1, 0.15) is 33.6 Å². The van der Waals surface area contributed by atoms with Crippen molar-refractivity contribution >= 4 is 27.9 Å². The van der Waals surface area contributed by atoms with Crippen LogP contribution in [0, 0.1) is 0 Å². The quantitative estimate of drug-likeness (QED) is 0.340. The Morgan fingerprint density at radius 2 is 1.75 bits per heavy atom. The lowest BCUT2D eigenvalue weighted by atomic mass is 9.92. The molecular weight excluding hydrogens is 506 g/mol. The van der Waals surface area contributed by atoms with Crippen LogP contribution < -0.4 is 4.74 Å². The number of fused-ring (bicyclic) bond motifs is 3. The summed E-state index contributed by atoms with van der Waals surface area (Å²) in [5.41, 5.74) is 3.87. The van der Waals surface area contributed by atoms with Crippen molar-refractivity contribution < 1.29 is 19.0 Å². The monoisotopic (exact) mass is 543 g/mol. The van der Waals surface area contributed by atoms with Gasteiger partial charge < -0.3 is 24.1 Å². The Morgan fingerprint density at radius 3 is 2.50 bits per heavy atom. The first-order valence-corrected chi connectivity index (χ1v) is 14.1. The molecule has 1 saturated carbocycles. The summed E-state index contributed by atoms with van der Waals surface area (Å²) in [6.07, 6.45) is 7.46. The molecule has 40 heavy (non-hydrogen) atoms. The van der Waals surface area contributed by atoms with E-state index in [2.05, 4.69) is 44.1 Å².